The van der Waals surface area contributed by atoms with E-state index in [9.17, 15) is 18.0 Å². The van der Waals surface area contributed by atoms with Crippen LogP contribution < -0.4 is 4.74 Å². The topological polar surface area (TPSA) is 29.5 Å². The van der Waals surface area contributed by atoms with Crippen LogP contribution in [0.1, 0.15) is 15.9 Å². The fourth-order valence-corrected chi connectivity index (χ4v) is 2.50. The van der Waals surface area contributed by atoms with Gasteiger partial charge in [-0.3, -0.25) is 4.79 Å². The summed E-state index contributed by atoms with van der Waals surface area (Å²) in [4.78, 5) is 15.4. The van der Waals surface area contributed by atoms with Gasteiger partial charge in [-0.1, -0.05) is 0 Å². The lowest BCUT2D eigenvalue weighted by Gasteiger charge is -2.14. The van der Waals surface area contributed by atoms with E-state index in [4.69, 9.17) is 4.74 Å². The van der Waals surface area contributed by atoms with Gasteiger partial charge in [0.1, 0.15) is 5.75 Å². The van der Waals surface area contributed by atoms with Gasteiger partial charge in [0.25, 0.3) is 0 Å². The molecule has 3 nitrogen and oxygen atoms in total. The Morgan fingerprint density at radius 1 is 1.04 bits per heavy atom. The Hall–Kier alpha value is -2.41. The van der Waals surface area contributed by atoms with Crippen LogP contribution in [-0.2, 0) is 6.18 Å². The summed E-state index contributed by atoms with van der Waals surface area (Å²) in [6.07, 6.45) is -1.000. The molecule has 26 heavy (non-hydrogen) atoms. The number of rotatable bonds is 6. The zero-order valence-electron chi connectivity index (χ0n) is 14.5. The van der Waals surface area contributed by atoms with E-state index in [1.165, 1.54) is 18.3 Å². The molecule has 0 aliphatic carbocycles. The zero-order chi connectivity index (χ0) is 19.3. The highest BCUT2D eigenvalue weighted by atomic mass is 32.2. The quantitative estimate of drug-likeness (QED) is 0.302. The van der Waals surface area contributed by atoms with E-state index in [2.05, 4.69) is 0 Å². The number of allylic oxidation sites excluding steroid dienone is 1. The van der Waals surface area contributed by atoms with E-state index < -0.39 is 11.7 Å². The summed E-state index contributed by atoms with van der Waals surface area (Å²) in [6, 6.07) is 11.2. The molecule has 2 rings (SSSR count). The number of benzene rings is 2. The van der Waals surface area contributed by atoms with Crippen LogP contribution in [0.3, 0.4) is 0 Å². The van der Waals surface area contributed by atoms with Gasteiger partial charge < -0.3 is 9.64 Å². The number of hydrogen-bond donors (Lipinski definition) is 0. The molecule has 0 aliphatic heterocycles. The van der Waals surface area contributed by atoms with E-state index in [-0.39, 0.29) is 17.3 Å². The Bertz CT molecular complexity index is 782. The highest BCUT2D eigenvalue weighted by molar-refractivity contribution is 7.98. The number of hydrogen-bond acceptors (Lipinski definition) is 4. The van der Waals surface area contributed by atoms with Crippen LogP contribution in [0.25, 0.3) is 0 Å². The molecule has 2 aromatic rings. The van der Waals surface area contributed by atoms with Crippen LogP contribution >= 0.6 is 11.8 Å². The summed E-state index contributed by atoms with van der Waals surface area (Å²) in [6.45, 7) is 0. The molecule has 0 aliphatic rings. The Kier molecular flexibility index (Phi) is 6.37. The van der Waals surface area contributed by atoms with Crippen molar-refractivity contribution in [2.75, 3.05) is 20.4 Å². The van der Waals surface area contributed by atoms with Crippen molar-refractivity contribution in [3.8, 4) is 5.75 Å². The standard InChI is InChI=1S/C19H18F3NO2S/c1-23(2)12-17(18(24)13-4-10-16(26-3)11-5-13)25-15-8-6-14(7-9-15)19(20,21)22/h4-12H,1-3H3/b17-12-. The molecule has 0 amide bonds. The molecule has 0 saturated carbocycles. The minimum Gasteiger partial charge on any atom is -0.452 e. The van der Waals surface area contributed by atoms with Crippen molar-refractivity contribution >= 4 is 17.5 Å². The molecule has 0 heterocycles. The van der Waals surface area contributed by atoms with Crippen LogP contribution in [0, 0.1) is 0 Å². The van der Waals surface area contributed by atoms with Crippen molar-refractivity contribution in [3.63, 3.8) is 0 Å². The first-order valence-corrected chi connectivity index (χ1v) is 8.85. The first kappa shape index (κ1) is 19.9. The second kappa shape index (κ2) is 8.31. The molecule has 0 fully saturated rings. The molecule has 0 spiro atoms. The summed E-state index contributed by atoms with van der Waals surface area (Å²) in [7, 11) is 3.44. The number of thioether (sulfide) groups is 1. The highest BCUT2D eigenvalue weighted by Crippen LogP contribution is 2.30. The Labute approximate surface area is 154 Å². The Morgan fingerprint density at radius 3 is 2.08 bits per heavy atom. The van der Waals surface area contributed by atoms with Crippen LogP contribution in [-0.4, -0.2) is 31.0 Å². The molecule has 0 N–H and O–H groups in total. The molecule has 0 radical (unpaired) electrons. The fourth-order valence-electron chi connectivity index (χ4n) is 2.09. The second-order valence-corrected chi connectivity index (χ2v) is 6.52. The summed E-state index contributed by atoms with van der Waals surface area (Å²) < 4.78 is 43.5. The number of ketones is 1. The Balaban J connectivity index is 2.26. The minimum absolute atomic E-state index is 0.0201. The summed E-state index contributed by atoms with van der Waals surface area (Å²) >= 11 is 1.56. The van der Waals surface area contributed by atoms with Gasteiger partial charge in [0.15, 0.2) is 5.76 Å². The molecule has 0 saturated heterocycles. The average molecular weight is 381 g/mol. The molecule has 0 unspecified atom stereocenters. The molecule has 138 valence electrons. The highest BCUT2D eigenvalue weighted by Gasteiger charge is 2.30. The minimum atomic E-state index is -4.42. The van der Waals surface area contributed by atoms with Crippen molar-refractivity contribution in [3.05, 3.63) is 71.6 Å². The van der Waals surface area contributed by atoms with Crippen LogP contribution in [0.15, 0.2) is 65.4 Å². The van der Waals surface area contributed by atoms with E-state index in [1.54, 1.807) is 42.9 Å². The molecule has 0 bridgehead atoms. The maximum absolute atomic E-state index is 12.7. The van der Waals surface area contributed by atoms with Gasteiger partial charge in [-0.2, -0.15) is 13.2 Å². The van der Waals surface area contributed by atoms with Crippen molar-refractivity contribution < 1.29 is 22.7 Å². The van der Waals surface area contributed by atoms with Gasteiger partial charge in [0.05, 0.1) is 5.56 Å². The molecular weight excluding hydrogens is 363 g/mol. The summed E-state index contributed by atoms with van der Waals surface area (Å²) in [5, 5.41) is 0. The number of ether oxygens (including phenoxy) is 1. The number of nitrogens with zero attached hydrogens (tertiary/aromatic N) is 1. The lowest BCUT2D eigenvalue weighted by Crippen LogP contribution is -2.14. The largest absolute Gasteiger partial charge is 0.452 e. The third-order valence-corrected chi connectivity index (χ3v) is 4.10. The van der Waals surface area contributed by atoms with Gasteiger partial charge in [-0.15, -0.1) is 11.8 Å². The molecule has 0 aromatic heterocycles. The fraction of sp³-hybridized carbons (Fsp3) is 0.211. The number of Topliss-reactive ketones (excluding diaryl/α,β-unsaturated/α-hetero) is 1. The SMILES string of the molecule is CSc1ccc(C(=O)/C(=C/N(C)C)Oc2ccc(C(F)(F)F)cc2)cc1. The van der Waals surface area contributed by atoms with Crippen LogP contribution in [0.2, 0.25) is 0 Å². The first-order chi connectivity index (χ1) is 12.2. The predicted octanol–water partition coefficient (Wildman–Crippen LogP) is 5.09. The van der Waals surface area contributed by atoms with Crippen LogP contribution in [0.5, 0.6) is 5.75 Å². The number of halogens is 3. The van der Waals surface area contributed by atoms with Gasteiger partial charge in [-0.05, 0) is 54.8 Å². The smallest absolute Gasteiger partial charge is 0.416 e. The second-order valence-electron chi connectivity index (χ2n) is 5.64. The lowest BCUT2D eigenvalue weighted by atomic mass is 10.1. The Morgan fingerprint density at radius 2 is 1.62 bits per heavy atom. The maximum atomic E-state index is 12.7. The van der Waals surface area contributed by atoms with Gasteiger partial charge in [0, 0.05) is 30.8 Å². The zero-order valence-corrected chi connectivity index (χ0v) is 15.3. The van der Waals surface area contributed by atoms with Crippen molar-refractivity contribution in [1.29, 1.82) is 0 Å². The van der Waals surface area contributed by atoms with E-state index in [0.717, 1.165) is 17.0 Å². The summed E-state index contributed by atoms with van der Waals surface area (Å²) in [5.41, 5.74) is -0.343. The van der Waals surface area contributed by atoms with Crippen molar-refractivity contribution in [2.24, 2.45) is 0 Å². The molecule has 2 aromatic carbocycles. The lowest BCUT2D eigenvalue weighted by molar-refractivity contribution is -0.137. The van der Waals surface area contributed by atoms with E-state index >= 15 is 0 Å². The normalized spacial score (nSPS) is 12.0. The van der Waals surface area contributed by atoms with E-state index in [0.29, 0.717) is 5.56 Å². The molecular formula is C19H18F3NO2S. The van der Waals surface area contributed by atoms with Gasteiger partial charge in [-0.25, -0.2) is 0 Å². The maximum Gasteiger partial charge on any atom is 0.416 e. The number of carbonyl (C=O) groups is 1. The van der Waals surface area contributed by atoms with Gasteiger partial charge >= 0.3 is 6.18 Å². The third kappa shape index (κ3) is 5.29. The average Bonchev–Trinajstić information content (AvgIpc) is 2.60. The monoisotopic (exact) mass is 381 g/mol. The molecule has 7 heteroatoms. The van der Waals surface area contributed by atoms with E-state index in [1.807, 2.05) is 18.4 Å². The van der Waals surface area contributed by atoms with Crippen molar-refractivity contribution in [1.82, 2.24) is 4.90 Å². The predicted molar refractivity (Wildman–Crippen MR) is 96.4 cm³/mol. The molecule has 0 atom stereocenters. The van der Waals surface area contributed by atoms with Crippen LogP contribution in [0.4, 0.5) is 13.2 Å². The van der Waals surface area contributed by atoms with Crippen molar-refractivity contribution in [2.45, 2.75) is 11.1 Å². The summed E-state index contributed by atoms with van der Waals surface area (Å²) in [5.74, 6) is -0.182. The number of carbonyl (C=O) groups excluding carboxylic acids is 1. The number of alkyl halides is 3. The first-order valence-electron chi connectivity index (χ1n) is 7.63. The third-order valence-electron chi connectivity index (χ3n) is 3.36. The van der Waals surface area contributed by atoms with Gasteiger partial charge in [0.2, 0.25) is 5.78 Å².